The van der Waals surface area contributed by atoms with Crippen LogP contribution in [0.5, 0.6) is 11.5 Å². The second kappa shape index (κ2) is 5.64. The Bertz CT molecular complexity index is 319. The summed E-state index contributed by atoms with van der Waals surface area (Å²) in [7, 11) is 0. The van der Waals surface area contributed by atoms with Gasteiger partial charge in [0.25, 0.3) is 0 Å². The molecule has 15 heavy (non-hydrogen) atoms. The van der Waals surface area contributed by atoms with Crippen molar-refractivity contribution in [3.63, 3.8) is 0 Å². The number of hydrogen-bond donors (Lipinski definition) is 2. The number of phenolic OH excluding ortho intramolecular Hbond substituents is 2. The fourth-order valence-electron chi connectivity index (χ4n) is 1.77. The van der Waals surface area contributed by atoms with Crippen molar-refractivity contribution in [3.8, 4) is 11.5 Å². The molecule has 2 nitrogen and oxygen atoms in total. The van der Waals surface area contributed by atoms with E-state index in [9.17, 15) is 10.2 Å². The van der Waals surface area contributed by atoms with E-state index in [0.717, 1.165) is 32.1 Å². The van der Waals surface area contributed by atoms with Gasteiger partial charge in [-0.3, -0.25) is 0 Å². The number of phenols is 2. The SMILES string of the molecule is CCCCc1cc(O)c(O)cc1CCC. The van der Waals surface area contributed by atoms with E-state index >= 15 is 0 Å². The minimum absolute atomic E-state index is 0.000885. The molecule has 0 aliphatic carbocycles. The lowest BCUT2D eigenvalue weighted by Gasteiger charge is -2.10. The maximum atomic E-state index is 9.44. The molecule has 0 saturated heterocycles. The van der Waals surface area contributed by atoms with Crippen LogP contribution in [0.1, 0.15) is 44.2 Å². The molecular formula is C13H20O2. The van der Waals surface area contributed by atoms with Gasteiger partial charge in [0.2, 0.25) is 0 Å². The van der Waals surface area contributed by atoms with Crippen molar-refractivity contribution in [2.24, 2.45) is 0 Å². The first kappa shape index (κ1) is 11.9. The van der Waals surface area contributed by atoms with Crippen LogP contribution in [0.3, 0.4) is 0 Å². The van der Waals surface area contributed by atoms with Crippen LogP contribution in [0.25, 0.3) is 0 Å². The van der Waals surface area contributed by atoms with Crippen LogP contribution in [0.4, 0.5) is 0 Å². The minimum atomic E-state index is -0.00121. The summed E-state index contributed by atoms with van der Waals surface area (Å²) < 4.78 is 0. The van der Waals surface area contributed by atoms with Crippen LogP contribution < -0.4 is 0 Å². The first-order valence-corrected chi connectivity index (χ1v) is 5.72. The Kier molecular flexibility index (Phi) is 4.47. The molecule has 0 spiro atoms. The molecule has 1 rings (SSSR count). The van der Waals surface area contributed by atoms with E-state index in [4.69, 9.17) is 0 Å². The van der Waals surface area contributed by atoms with E-state index in [1.54, 1.807) is 12.1 Å². The van der Waals surface area contributed by atoms with E-state index in [2.05, 4.69) is 13.8 Å². The summed E-state index contributed by atoms with van der Waals surface area (Å²) in [5.41, 5.74) is 2.34. The maximum absolute atomic E-state index is 9.44. The summed E-state index contributed by atoms with van der Waals surface area (Å²) in [6.45, 7) is 4.27. The van der Waals surface area contributed by atoms with Crippen molar-refractivity contribution in [1.82, 2.24) is 0 Å². The van der Waals surface area contributed by atoms with Crippen LogP contribution in [-0.2, 0) is 12.8 Å². The standard InChI is InChI=1S/C13H20O2/c1-3-5-7-11-9-13(15)12(14)8-10(11)6-4-2/h8-9,14-15H,3-7H2,1-2H3. The highest BCUT2D eigenvalue weighted by Gasteiger charge is 2.07. The Balaban J connectivity index is 2.93. The Hall–Kier alpha value is -1.18. The van der Waals surface area contributed by atoms with E-state index in [1.165, 1.54) is 11.1 Å². The Morgan fingerprint density at radius 1 is 0.867 bits per heavy atom. The third-order valence-corrected chi connectivity index (χ3v) is 2.62. The van der Waals surface area contributed by atoms with E-state index in [1.807, 2.05) is 0 Å². The van der Waals surface area contributed by atoms with Crippen molar-refractivity contribution in [3.05, 3.63) is 23.3 Å². The largest absolute Gasteiger partial charge is 0.504 e. The summed E-state index contributed by atoms with van der Waals surface area (Å²) >= 11 is 0. The Morgan fingerprint density at radius 2 is 1.40 bits per heavy atom. The highest BCUT2D eigenvalue weighted by atomic mass is 16.3. The number of aryl methyl sites for hydroxylation is 2. The predicted molar refractivity (Wildman–Crippen MR) is 62.4 cm³/mol. The highest BCUT2D eigenvalue weighted by molar-refractivity contribution is 5.45. The molecule has 0 aromatic heterocycles. The summed E-state index contributed by atoms with van der Waals surface area (Å²) in [6.07, 6.45) is 5.28. The van der Waals surface area contributed by atoms with Crippen LogP contribution in [0.15, 0.2) is 12.1 Å². The van der Waals surface area contributed by atoms with E-state index in [-0.39, 0.29) is 11.5 Å². The molecule has 0 fully saturated rings. The van der Waals surface area contributed by atoms with Gasteiger partial charge in [-0.15, -0.1) is 0 Å². The molecule has 0 bridgehead atoms. The number of benzene rings is 1. The molecule has 1 aromatic rings. The van der Waals surface area contributed by atoms with Gasteiger partial charge in [-0.05, 0) is 42.5 Å². The zero-order valence-corrected chi connectivity index (χ0v) is 9.58. The molecule has 0 unspecified atom stereocenters. The minimum Gasteiger partial charge on any atom is -0.504 e. The lowest BCUT2D eigenvalue weighted by atomic mass is 9.98. The van der Waals surface area contributed by atoms with Gasteiger partial charge in [0, 0.05) is 0 Å². The average Bonchev–Trinajstić information content (AvgIpc) is 2.21. The quantitative estimate of drug-likeness (QED) is 0.728. The summed E-state index contributed by atoms with van der Waals surface area (Å²) in [4.78, 5) is 0. The first-order valence-electron chi connectivity index (χ1n) is 5.72. The van der Waals surface area contributed by atoms with Crippen LogP contribution in [0.2, 0.25) is 0 Å². The lowest BCUT2D eigenvalue weighted by molar-refractivity contribution is 0.402. The molecule has 0 atom stereocenters. The fraction of sp³-hybridized carbons (Fsp3) is 0.538. The van der Waals surface area contributed by atoms with Crippen LogP contribution in [0, 0.1) is 0 Å². The second-order valence-electron chi connectivity index (χ2n) is 3.96. The van der Waals surface area contributed by atoms with Gasteiger partial charge in [-0.25, -0.2) is 0 Å². The predicted octanol–water partition coefficient (Wildman–Crippen LogP) is 3.39. The molecule has 0 amide bonds. The number of rotatable bonds is 5. The van der Waals surface area contributed by atoms with Crippen molar-refractivity contribution >= 4 is 0 Å². The topological polar surface area (TPSA) is 40.5 Å². The van der Waals surface area contributed by atoms with Gasteiger partial charge < -0.3 is 10.2 Å². The van der Waals surface area contributed by atoms with Gasteiger partial charge in [0.15, 0.2) is 11.5 Å². The smallest absolute Gasteiger partial charge is 0.157 e. The zero-order valence-electron chi connectivity index (χ0n) is 9.58. The molecule has 0 heterocycles. The second-order valence-corrected chi connectivity index (χ2v) is 3.96. The molecule has 0 saturated carbocycles. The van der Waals surface area contributed by atoms with Crippen molar-refractivity contribution in [1.29, 1.82) is 0 Å². The van der Waals surface area contributed by atoms with Gasteiger partial charge in [0.1, 0.15) is 0 Å². The monoisotopic (exact) mass is 208 g/mol. The Labute approximate surface area is 91.6 Å². The molecule has 2 N–H and O–H groups in total. The molecular weight excluding hydrogens is 188 g/mol. The van der Waals surface area contributed by atoms with Gasteiger partial charge in [-0.1, -0.05) is 26.7 Å². The normalized spacial score (nSPS) is 10.5. The number of unbranched alkanes of at least 4 members (excludes halogenated alkanes) is 1. The van der Waals surface area contributed by atoms with Crippen molar-refractivity contribution in [2.75, 3.05) is 0 Å². The first-order chi connectivity index (χ1) is 7.19. The zero-order chi connectivity index (χ0) is 11.3. The molecule has 2 heteroatoms. The fourth-order valence-corrected chi connectivity index (χ4v) is 1.77. The lowest BCUT2D eigenvalue weighted by Crippen LogP contribution is -1.94. The van der Waals surface area contributed by atoms with E-state index < -0.39 is 0 Å². The van der Waals surface area contributed by atoms with Crippen molar-refractivity contribution in [2.45, 2.75) is 46.0 Å². The summed E-state index contributed by atoms with van der Waals surface area (Å²) in [5.74, 6) is -0.000320. The van der Waals surface area contributed by atoms with Crippen LogP contribution in [-0.4, -0.2) is 10.2 Å². The van der Waals surface area contributed by atoms with Crippen LogP contribution >= 0.6 is 0 Å². The molecule has 84 valence electrons. The summed E-state index contributed by atoms with van der Waals surface area (Å²) in [5, 5.41) is 18.9. The van der Waals surface area contributed by atoms with Gasteiger partial charge in [0.05, 0.1) is 0 Å². The number of hydrogen-bond acceptors (Lipinski definition) is 2. The molecule has 0 aliphatic rings. The molecule has 0 aliphatic heterocycles. The molecule has 1 aromatic carbocycles. The average molecular weight is 208 g/mol. The number of aromatic hydroxyl groups is 2. The highest BCUT2D eigenvalue weighted by Crippen LogP contribution is 2.29. The maximum Gasteiger partial charge on any atom is 0.157 e. The van der Waals surface area contributed by atoms with E-state index in [0.29, 0.717) is 0 Å². The summed E-state index contributed by atoms with van der Waals surface area (Å²) in [6, 6.07) is 3.40. The third-order valence-electron chi connectivity index (χ3n) is 2.62. The Morgan fingerprint density at radius 3 is 1.87 bits per heavy atom. The third kappa shape index (κ3) is 3.15. The van der Waals surface area contributed by atoms with Gasteiger partial charge in [-0.2, -0.15) is 0 Å². The van der Waals surface area contributed by atoms with Crippen molar-refractivity contribution < 1.29 is 10.2 Å². The van der Waals surface area contributed by atoms with Gasteiger partial charge >= 0.3 is 0 Å². The molecule has 0 radical (unpaired) electrons.